The molecule has 0 unspecified atom stereocenters. The third-order valence-electron chi connectivity index (χ3n) is 3.36. The van der Waals surface area contributed by atoms with Gasteiger partial charge < -0.3 is 14.6 Å². The van der Waals surface area contributed by atoms with Gasteiger partial charge in [-0.05, 0) is 47.1 Å². The molecule has 0 spiro atoms. The van der Waals surface area contributed by atoms with E-state index in [2.05, 4.69) is 26.5 Å². The van der Waals surface area contributed by atoms with Gasteiger partial charge in [-0.15, -0.1) is 0 Å². The molecule has 0 fully saturated rings. The van der Waals surface area contributed by atoms with E-state index in [1.165, 1.54) is 20.2 Å². The van der Waals surface area contributed by atoms with Gasteiger partial charge in [0.25, 0.3) is 5.91 Å². The van der Waals surface area contributed by atoms with Crippen molar-refractivity contribution in [1.29, 1.82) is 0 Å². The van der Waals surface area contributed by atoms with Crippen LogP contribution in [-0.2, 0) is 4.79 Å². The number of amides is 1. The molecular formula is C18H17BrN2O5. The summed E-state index contributed by atoms with van der Waals surface area (Å²) in [6.45, 7) is 1.41. The average Bonchev–Trinajstić information content (AvgIpc) is 2.62. The van der Waals surface area contributed by atoms with Crippen molar-refractivity contribution in [2.24, 2.45) is 5.10 Å². The van der Waals surface area contributed by atoms with Crippen molar-refractivity contribution in [2.45, 2.75) is 13.0 Å². The van der Waals surface area contributed by atoms with Crippen molar-refractivity contribution in [3.05, 3.63) is 58.1 Å². The van der Waals surface area contributed by atoms with Gasteiger partial charge in [0.05, 0.1) is 18.9 Å². The number of hydrogen-bond acceptors (Lipinski definition) is 5. The first-order chi connectivity index (χ1) is 12.4. The smallest absolute Gasteiger partial charge is 0.344 e. The number of para-hydroxylation sites is 1. The van der Waals surface area contributed by atoms with Crippen LogP contribution in [0.2, 0.25) is 0 Å². The van der Waals surface area contributed by atoms with Crippen molar-refractivity contribution in [3.8, 4) is 11.5 Å². The molecule has 2 rings (SSSR count). The van der Waals surface area contributed by atoms with Crippen LogP contribution < -0.4 is 14.9 Å². The molecule has 0 saturated carbocycles. The summed E-state index contributed by atoms with van der Waals surface area (Å²) in [4.78, 5) is 23.2. The van der Waals surface area contributed by atoms with Gasteiger partial charge in [0.1, 0.15) is 0 Å². The summed E-state index contributed by atoms with van der Waals surface area (Å²) < 4.78 is 11.3. The molecule has 0 radical (unpaired) electrons. The third kappa shape index (κ3) is 4.82. The van der Waals surface area contributed by atoms with Crippen LogP contribution in [0, 0.1) is 0 Å². The van der Waals surface area contributed by atoms with Crippen LogP contribution in [0.5, 0.6) is 11.5 Å². The number of aliphatic carboxylic acids is 1. The van der Waals surface area contributed by atoms with Gasteiger partial charge in [-0.3, -0.25) is 4.79 Å². The molecule has 1 atom stereocenters. The quantitative estimate of drug-likeness (QED) is 0.529. The molecule has 0 heterocycles. The van der Waals surface area contributed by atoms with Gasteiger partial charge in [-0.1, -0.05) is 18.2 Å². The molecule has 2 aromatic rings. The Kier molecular flexibility index (Phi) is 6.74. The summed E-state index contributed by atoms with van der Waals surface area (Å²) >= 11 is 3.30. The van der Waals surface area contributed by atoms with E-state index >= 15 is 0 Å². The largest absolute Gasteiger partial charge is 0.493 e. The fourth-order valence-corrected chi connectivity index (χ4v) is 2.48. The molecule has 8 heteroatoms. The Morgan fingerprint density at radius 3 is 2.62 bits per heavy atom. The zero-order valence-electron chi connectivity index (χ0n) is 14.1. The molecule has 0 aliphatic heterocycles. The number of hydrazone groups is 1. The number of benzene rings is 2. The number of carboxylic acid groups (broad SMARTS) is 1. The maximum atomic E-state index is 12.1. The first-order valence-electron chi connectivity index (χ1n) is 7.58. The van der Waals surface area contributed by atoms with E-state index in [1.54, 1.807) is 42.5 Å². The van der Waals surface area contributed by atoms with Gasteiger partial charge in [0.2, 0.25) is 0 Å². The number of carboxylic acids is 1. The second kappa shape index (κ2) is 9.00. The number of hydrogen-bond donors (Lipinski definition) is 2. The van der Waals surface area contributed by atoms with Crippen molar-refractivity contribution >= 4 is 34.0 Å². The Morgan fingerprint density at radius 2 is 1.96 bits per heavy atom. The highest BCUT2D eigenvalue weighted by molar-refractivity contribution is 9.10. The fourth-order valence-electron chi connectivity index (χ4n) is 2.01. The molecule has 0 aromatic heterocycles. The Balaban J connectivity index is 2.20. The van der Waals surface area contributed by atoms with Crippen molar-refractivity contribution < 1.29 is 24.2 Å². The number of nitrogens with one attached hydrogen (secondary N) is 1. The van der Waals surface area contributed by atoms with Gasteiger partial charge >= 0.3 is 5.97 Å². The highest BCUT2D eigenvalue weighted by atomic mass is 79.9. The molecule has 0 saturated heterocycles. The molecule has 7 nitrogen and oxygen atoms in total. The number of carbonyl (C=O) groups is 2. The van der Waals surface area contributed by atoms with E-state index in [0.717, 1.165) is 0 Å². The maximum Gasteiger partial charge on any atom is 0.344 e. The minimum absolute atomic E-state index is 0.226. The molecule has 0 bridgehead atoms. The first-order valence-corrected chi connectivity index (χ1v) is 8.37. The minimum atomic E-state index is -1.11. The number of nitrogens with zero attached hydrogens (tertiary/aromatic N) is 1. The Bertz CT molecular complexity index is 838. The SMILES string of the molecule is COc1cccc(/C=N\NC(=O)c2ccccc2Br)c1O[C@@H](C)C(=O)O. The number of halogens is 1. The zero-order chi connectivity index (χ0) is 19.1. The maximum absolute atomic E-state index is 12.1. The first kappa shape index (κ1) is 19.5. The standard InChI is InChI=1S/C18H17BrN2O5/c1-11(18(23)24)26-16-12(6-5-9-15(16)25-2)10-20-21-17(22)13-7-3-4-8-14(13)19/h3-11H,1-2H3,(H,21,22)(H,23,24)/b20-10-/t11-/m0/s1. The normalized spacial score (nSPS) is 11.8. The molecule has 1 amide bonds. The lowest BCUT2D eigenvalue weighted by atomic mass is 10.2. The number of methoxy groups -OCH3 is 1. The van der Waals surface area contributed by atoms with Crippen molar-refractivity contribution in [3.63, 3.8) is 0 Å². The van der Waals surface area contributed by atoms with Gasteiger partial charge in [0, 0.05) is 10.0 Å². The lowest BCUT2D eigenvalue weighted by molar-refractivity contribution is -0.144. The minimum Gasteiger partial charge on any atom is -0.493 e. The van der Waals surface area contributed by atoms with Crippen molar-refractivity contribution in [2.75, 3.05) is 7.11 Å². The third-order valence-corrected chi connectivity index (χ3v) is 4.05. The number of rotatable bonds is 7. The van der Waals surface area contributed by atoms with Crippen LogP contribution in [0.4, 0.5) is 0 Å². The van der Waals surface area contributed by atoms with Crippen LogP contribution in [0.1, 0.15) is 22.8 Å². The van der Waals surface area contributed by atoms with Crippen LogP contribution in [0.3, 0.4) is 0 Å². The van der Waals surface area contributed by atoms with E-state index in [0.29, 0.717) is 21.3 Å². The molecule has 26 heavy (non-hydrogen) atoms. The molecule has 0 aliphatic carbocycles. The molecule has 2 N–H and O–H groups in total. The summed E-state index contributed by atoms with van der Waals surface area (Å²) in [6, 6.07) is 12.0. The average molecular weight is 421 g/mol. The van der Waals surface area contributed by atoms with E-state index in [9.17, 15) is 9.59 Å². The fraction of sp³-hybridized carbons (Fsp3) is 0.167. The predicted octanol–water partition coefficient (Wildman–Crippen LogP) is 3.07. The number of carbonyl (C=O) groups excluding carboxylic acids is 1. The zero-order valence-corrected chi connectivity index (χ0v) is 15.7. The number of ether oxygens (including phenoxy) is 2. The van der Waals surface area contributed by atoms with Gasteiger partial charge in [-0.25, -0.2) is 10.2 Å². The van der Waals surface area contributed by atoms with Crippen LogP contribution in [0.15, 0.2) is 52.0 Å². The van der Waals surface area contributed by atoms with Crippen LogP contribution >= 0.6 is 15.9 Å². The highest BCUT2D eigenvalue weighted by Gasteiger charge is 2.18. The second-order valence-corrected chi connectivity index (χ2v) is 6.01. The lowest BCUT2D eigenvalue weighted by Crippen LogP contribution is -2.24. The summed E-state index contributed by atoms with van der Waals surface area (Å²) in [5.74, 6) is -0.915. The predicted molar refractivity (Wildman–Crippen MR) is 99.9 cm³/mol. The van der Waals surface area contributed by atoms with Crippen molar-refractivity contribution in [1.82, 2.24) is 5.43 Å². The Morgan fingerprint density at radius 1 is 1.23 bits per heavy atom. The highest BCUT2D eigenvalue weighted by Crippen LogP contribution is 2.31. The lowest BCUT2D eigenvalue weighted by Gasteiger charge is -2.15. The summed E-state index contributed by atoms with van der Waals surface area (Å²) in [6.07, 6.45) is 0.287. The molecule has 136 valence electrons. The Hall–Kier alpha value is -2.87. The summed E-state index contributed by atoms with van der Waals surface area (Å²) in [5.41, 5.74) is 3.32. The second-order valence-electron chi connectivity index (χ2n) is 5.16. The van der Waals surface area contributed by atoms with Crippen LogP contribution in [0.25, 0.3) is 0 Å². The summed E-state index contributed by atoms with van der Waals surface area (Å²) in [7, 11) is 1.45. The van der Waals surface area contributed by atoms with E-state index in [1.807, 2.05) is 0 Å². The topological polar surface area (TPSA) is 97.2 Å². The Labute approximate surface area is 158 Å². The molecular weight excluding hydrogens is 404 g/mol. The monoisotopic (exact) mass is 420 g/mol. The van der Waals surface area contributed by atoms with Gasteiger partial charge in [-0.2, -0.15) is 5.10 Å². The van der Waals surface area contributed by atoms with E-state index in [-0.39, 0.29) is 5.75 Å². The molecule has 0 aliphatic rings. The van der Waals surface area contributed by atoms with Gasteiger partial charge in [0.15, 0.2) is 17.6 Å². The van der Waals surface area contributed by atoms with E-state index < -0.39 is 18.0 Å². The summed E-state index contributed by atoms with van der Waals surface area (Å²) in [5, 5.41) is 13.0. The molecule has 2 aromatic carbocycles. The van der Waals surface area contributed by atoms with E-state index in [4.69, 9.17) is 14.6 Å². The van der Waals surface area contributed by atoms with Crippen LogP contribution in [-0.4, -0.2) is 36.4 Å².